The Bertz CT molecular complexity index is 514. The lowest BCUT2D eigenvalue weighted by Crippen LogP contribution is -2.36. The predicted octanol–water partition coefficient (Wildman–Crippen LogP) is 0.282. The van der Waals surface area contributed by atoms with Gasteiger partial charge in [0.25, 0.3) is 5.91 Å². The molecule has 7 nitrogen and oxygen atoms in total. The van der Waals surface area contributed by atoms with E-state index in [9.17, 15) is 14.4 Å². The number of nitrogens with zero attached hydrogens (tertiary/aromatic N) is 1. The third kappa shape index (κ3) is 4.68. The zero-order valence-corrected chi connectivity index (χ0v) is 11.3. The molecule has 0 aromatic carbocycles. The molecule has 0 aliphatic carbocycles. The molecule has 0 radical (unpaired) electrons. The van der Waals surface area contributed by atoms with Crippen molar-refractivity contribution in [3.63, 3.8) is 0 Å². The van der Waals surface area contributed by atoms with Gasteiger partial charge in [-0.15, -0.1) is 0 Å². The second kappa shape index (κ2) is 7.22. The highest BCUT2D eigenvalue weighted by Gasteiger charge is 2.11. The Morgan fingerprint density at radius 3 is 2.35 bits per heavy atom. The number of carboxylic acid groups (broad SMARTS) is 1. The number of aromatic nitrogens is 1. The van der Waals surface area contributed by atoms with Crippen LogP contribution in [0.1, 0.15) is 34.8 Å². The van der Waals surface area contributed by atoms with Crippen LogP contribution in [0.4, 0.5) is 0 Å². The van der Waals surface area contributed by atoms with Crippen LogP contribution in [-0.4, -0.2) is 41.0 Å². The number of carbonyl (C=O) groups excluding carboxylic acids is 2. The monoisotopic (exact) mass is 279 g/mol. The first-order valence-electron chi connectivity index (χ1n) is 6.18. The molecule has 1 aromatic heterocycles. The van der Waals surface area contributed by atoms with E-state index in [0.717, 1.165) is 0 Å². The number of nitrogens with one attached hydrogen (secondary N) is 2. The standard InChI is InChI=1S/C13H17N3O4/c1-8(2)11(17)14-6-7-15-12(18)9-4-3-5-10(16-9)13(19)20/h3-5,8H,6-7H2,1-2H3,(H,14,17)(H,15,18)(H,19,20). The van der Waals surface area contributed by atoms with E-state index in [4.69, 9.17) is 5.11 Å². The van der Waals surface area contributed by atoms with Gasteiger partial charge < -0.3 is 15.7 Å². The first-order chi connectivity index (χ1) is 9.41. The van der Waals surface area contributed by atoms with Crippen LogP contribution in [0.2, 0.25) is 0 Å². The maximum absolute atomic E-state index is 11.7. The summed E-state index contributed by atoms with van der Waals surface area (Å²) in [6.45, 7) is 4.10. The zero-order valence-electron chi connectivity index (χ0n) is 11.3. The molecule has 0 bridgehead atoms. The van der Waals surface area contributed by atoms with E-state index in [1.54, 1.807) is 13.8 Å². The molecular weight excluding hydrogens is 262 g/mol. The van der Waals surface area contributed by atoms with E-state index in [1.165, 1.54) is 18.2 Å². The number of carbonyl (C=O) groups is 3. The van der Waals surface area contributed by atoms with Gasteiger partial charge in [-0.05, 0) is 12.1 Å². The summed E-state index contributed by atoms with van der Waals surface area (Å²) in [6.07, 6.45) is 0. The van der Waals surface area contributed by atoms with Crippen LogP contribution >= 0.6 is 0 Å². The van der Waals surface area contributed by atoms with E-state index in [1.807, 2.05) is 0 Å². The van der Waals surface area contributed by atoms with Crippen molar-refractivity contribution in [2.75, 3.05) is 13.1 Å². The molecule has 20 heavy (non-hydrogen) atoms. The lowest BCUT2D eigenvalue weighted by atomic mass is 10.2. The number of hydrogen-bond acceptors (Lipinski definition) is 4. The van der Waals surface area contributed by atoms with Crippen LogP contribution in [0.5, 0.6) is 0 Å². The second-order valence-corrected chi connectivity index (χ2v) is 4.41. The molecule has 1 aromatic rings. The summed E-state index contributed by atoms with van der Waals surface area (Å²) >= 11 is 0. The molecule has 0 saturated heterocycles. The number of amides is 2. The van der Waals surface area contributed by atoms with Crippen LogP contribution in [0.3, 0.4) is 0 Å². The van der Waals surface area contributed by atoms with Gasteiger partial charge >= 0.3 is 5.97 Å². The summed E-state index contributed by atoms with van der Waals surface area (Å²) in [5.74, 6) is -1.87. The third-order valence-electron chi connectivity index (χ3n) is 2.44. The van der Waals surface area contributed by atoms with Crippen molar-refractivity contribution in [2.45, 2.75) is 13.8 Å². The van der Waals surface area contributed by atoms with E-state index in [-0.39, 0.29) is 29.8 Å². The van der Waals surface area contributed by atoms with Gasteiger partial charge in [-0.2, -0.15) is 0 Å². The zero-order chi connectivity index (χ0) is 15.1. The summed E-state index contributed by atoms with van der Waals surface area (Å²) in [4.78, 5) is 37.4. The fraction of sp³-hybridized carbons (Fsp3) is 0.385. The van der Waals surface area contributed by atoms with E-state index >= 15 is 0 Å². The lowest BCUT2D eigenvalue weighted by molar-refractivity contribution is -0.123. The van der Waals surface area contributed by atoms with Crippen LogP contribution in [0.25, 0.3) is 0 Å². The van der Waals surface area contributed by atoms with Crippen LogP contribution in [0, 0.1) is 5.92 Å². The summed E-state index contributed by atoms with van der Waals surface area (Å²) < 4.78 is 0. The van der Waals surface area contributed by atoms with Crippen molar-refractivity contribution >= 4 is 17.8 Å². The number of carboxylic acids is 1. The highest BCUT2D eigenvalue weighted by molar-refractivity contribution is 5.94. The molecule has 0 fully saturated rings. The maximum atomic E-state index is 11.7. The molecule has 0 spiro atoms. The predicted molar refractivity (Wildman–Crippen MR) is 71.4 cm³/mol. The second-order valence-electron chi connectivity index (χ2n) is 4.41. The quantitative estimate of drug-likeness (QED) is 0.648. The minimum Gasteiger partial charge on any atom is -0.477 e. The Hall–Kier alpha value is -2.44. The van der Waals surface area contributed by atoms with Crippen LogP contribution in [-0.2, 0) is 4.79 Å². The van der Waals surface area contributed by atoms with Crippen molar-refractivity contribution < 1.29 is 19.5 Å². The van der Waals surface area contributed by atoms with E-state index < -0.39 is 11.9 Å². The molecule has 0 unspecified atom stereocenters. The lowest BCUT2D eigenvalue weighted by Gasteiger charge is -2.08. The molecule has 0 aliphatic rings. The highest BCUT2D eigenvalue weighted by Crippen LogP contribution is 1.99. The normalized spacial score (nSPS) is 10.2. The van der Waals surface area contributed by atoms with Gasteiger partial charge in [0.15, 0.2) is 0 Å². The molecule has 0 atom stereocenters. The molecular formula is C13H17N3O4. The number of aromatic carboxylic acids is 1. The van der Waals surface area contributed by atoms with Gasteiger partial charge in [-0.1, -0.05) is 19.9 Å². The SMILES string of the molecule is CC(C)C(=O)NCCNC(=O)c1cccc(C(=O)O)n1. The fourth-order valence-corrected chi connectivity index (χ4v) is 1.34. The van der Waals surface area contributed by atoms with Gasteiger partial charge in [-0.25, -0.2) is 9.78 Å². The average Bonchev–Trinajstić information content (AvgIpc) is 2.43. The van der Waals surface area contributed by atoms with Gasteiger partial charge in [0.1, 0.15) is 11.4 Å². The van der Waals surface area contributed by atoms with E-state index in [0.29, 0.717) is 6.54 Å². The molecule has 108 valence electrons. The van der Waals surface area contributed by atoms with E-state index in [2.05, 4.69) is 15.6 Å². The van der Waals surface area contributed by atoms with Gasteiger partial charge in [-0.3, -0.25) is 9.59 Å². The smallest absolute Gasteiger partial charge is 0.354 e. The fourth-order valence-electron chi connectivity index (χ4n) is 1.34. The first-order valence-corrected chi connectivity index (χ1v) is 6.18. The van der Waals surface area contributed by atoms with Crippen LogP contribution < -0.4 is 10.6 Å². The van der Waals surface area contributed by atoms with Crippen molar-refractivity contribution in [1.29, 1.82) is 0 Å². The molecule has 1 heterocycles. The van der Waals surface area contributed by atoms with Crippen molar-refractivity contribution in [1.82, 2.24) is 15.6 Å². The Morgan fingerprint density at radius 1 is 1.15 bits per heavy atom. The average molecular weight is 279 g/mol. The highest BCUT2D eigenvalue weighted by atomic mass is 16.4. The summed E-state index contributed by atoms with van der Waals surface area (Å²) in [7, 11) is 0. The summed E-state index contributed by atoms with van der Waals surface area (Å²) in [5.41, 5.74) is -0.161. The summed E-state index contributed by atoms with van der Waals surface area (Å²) in [5, 5.41) is 14.0. The number of hydrogen-bond donors (Lipinski definition) is 3. The van der Waals surface area contributed by atoms with Gasteiger partial charge in [0, 0.05) is 19.0 Å². The first kappa shape index (κ1) is 15.6. The molecule has 7 heteroatoms. The Morgan fingerprint density at radius 2 is 1.75 bits per heavy atom. The molecule has 3 N–H and O–H groups in total. The van der Waals surface area contributed by atoms with Crippen molar-refractivity contribution in [3.05, 3.63) is 29.6 Å². The Kier molecular flexibility index (Phi) is 5.64. The van der Waals surface area contributed by atoms with Crippen molar-refractivity contribution in [2.24, 2.45) is 5.92 Å². The minimum atomic E-state index is -1.19. The largest absolute Gasteiger partial charge is 0.477 e. The molecule has 0 saturated carbocycles. The maximum Gasteiger partial charge on any atom is 0.354 e. The Labute approximate surface area is 116 Å². The topological polar surface area (TPSA) is 108 Å². The van der Waals surface area contributed by atoms with Crippen LogP contribution in [0.15, 0.2) is 18.2 Å². The van der Waals surface area contributed by atoms with Gasteiger partial charge in [0.05, 0.1) is 0 Å². The van der Waals surface area contributed by atoms with Crippen molar-refractivity contribution in [3.8, 4) is 0 Å². The molecule has 1 rings (SSSR count). The third-order valence-corrected chi connectivity index (χ3v) is 2.44. The van der Waals surface area contributed by atoms with Gasteiger partial charge in [0.2, 0.25) is 5.91 Å². The summed E-state index contributed by atoms with van der Waals surface area (Å²) in [6, 6.07) is 4.18. The molecule has 2 amide bonds. The number of pyridine rings is 1. The Balaban J connectivity index is 2.45. The number of rotatable bonds is 6. The molecule has 0 aliphatic heterocycles. The minimum absolute atomic E-state index is 0.0279.